The molecule has 0 unspecified atom stereocenters. The zero-order valence-electron chi connectivity index (χ0n) is 11.3. The van der Waals surface area contributed by atoms with Gasteiger partial charge in [-0.2, -0.15) is 0 Å². The predicted molar refractivity (Wildman–Crippen MR) is 69.3 cm³/mol. The fourth-order valence-electron chi connectivity index (χ4n) is 1.60. The van der Waals surface area contributed by atoms with Crippen LogP contribution in [0.1, 0.15) is 24.5 Å². The molecule has 0 N–H and O–H groups in total. The number of hydrogen-bond donors (Lipinski definition) is 0. The molecule has 0 radical (unpaired) electrons. The average molecular weight is 267 g/mol. The fourth-order valence-corrected chi connectivity index (χ4v) is 1.60. The lowest BCUT2D eigenvalue weighted by atomic mass is 10.1. The minimum Gasteiger partial charge on any atom is -0.493 e. The van der Waals surface area contributed by atoms with Gasteiger partial charge in [-0.15, -0.1) is 0 Å². The first-order valence-electron chi connectivity index (χ1n) is 5.99. The van der Waals surface area contributed by atoms with Crippen molar-refractivity contribution in [2.75, 3.05) is 13.2 Å². The summed E-state index contributed by atoms with van der Waals surface area (Å²) in [5.74, 6) is 0.228. The first kappa shape index (κ1) is 14.9. The van der Waals surface area contributed by atoms with Crippen molar-refractivity contribution in [1.82, 2.24) is 0 Å². The van der Waals surface area contributed by atoms with Crippen LogP contribution in [0.15, 0.2) is 12.1 Å². The second-order valence-electron chi connectivity index (χ2n) is 4.06. The van der Waals surface area contributed by atoms with Gasteiger partial charge in [0.15, 0.2) is 0 Å². The van der Waals surface area contributed by atoms with Crippen molar-refractivity contribution >= 4 is 11.7 Å². The summed E-state index contributed by atoms with van der Waals surface area (Å²) < 4.78 is 10.2. The first-order valence-corrected chi connectivity index (χ1v) is 5.99. The molecule has 0 aromatic heterocycles. The van der Waals surface area contributed by atoms with Gasteiger partial charge in [0.1, 0.15) is 5.75 Å². The molecule has 1 aromatic rings. The molecule has 0 saturated heterocycles. The molecule has 0 atom stereocenters. The van der Waals surface area contributed by atoms with E-state index in [9.17, 15) is 14.9 Å². The Balaban J connectivity index is 2.67. The Labute approximate surface area is 111 Å². The number of esters is 1. The monoisotopic (exact) mass is 267 g/mol. The highest BCUT2D eigenvalue weighted by Gasteiger charge is 2.14. The Hall–Kier alpha value is -2.11. The molecule has 0 fully saturated rings. The fraction of sp³-hybridized carbons (Fsp3) is 0.462. The number of nitro groups is 1. The third-order valence-corrected chi connectivity index (χ3v) is 2.56. The van der Waals surface area contributed by atoms with Crippen molar-refractivity contribution in [3.05, 3.63) is 33.4 Å². The van der Waals surface area contributed by atoms with Crippen LogP contribution in [0.3, 0.4) is 0 Å². The summed E-state index contributed by atoms with van der Waals surface area (Å²) in [7, 11) is 0. The summed E-state index contributed by atoms with van der Waals surface area (Å²) in [6.45, 7) is 5.65. The van der Waals surface area contributed by atoms with Gasteiger partial charge < -0.3 is 9.47 Å². The van der Waals surface area contributed by atoms with Gasteiger partial charge in [0.25, 0.3) is 5.69 Å². The second kappa shape index (κ2) is 6.72. The van der Waals surface area contributed by atoms with Crippen molar-refractivity contribution in [3.8, 4) is 5.75 Å². The first-order chi connectivity index (χ1) is 8.95. The number of hydrogen-bond acceptors (Lipinski definition) is 5. The standard InChI is InChI=1S/C13H17NO5/c1-4-18-13(15)5-6-19-12-8-9(2)11(14(16)17)7-10(12)3/h7-8H,4-6H2,1-3H3. The zero-order valence-corrected chi connectivity index (χ0v) is 11.3. The van der Waals surface area contributed by atoms with Crippen molar-refractivity contribution in [1.29, 1.82) is 0 Å². The maximum absolute atomic E-state index is 11.1. The zero-order chi connectivity index (χ0) is 14.4. The molecule has 0 aliphatic rings. The number of carbonyl (C=O) groups excluding carboxylic acids is 1. The number of carbonyl (C=O) groups is 1. The maximum Gasteiger partial charge on any atom is 0.309 e. The summed E-state index contributed by atoms with van der Waals surface area (Å²) in [5, 5.41) is 10.8. The van der Waals surface area contributed by atoms with Crippen molar-refractivity contribution in [2.45, 2.75) is 27.2 Å². The molecule has 0 aliphatic carbocycles. The van der Waals surface area contributed by atoms with Crippen LogP contribution in [0.2, 0.25) is 0 Å². The number of benzene rings is 1. The van der Waals surface area contributed by atoms with Crippen molar-refractivity contribution in [2.24, 2.45) is 0 Å². The van der Waals surface area contributed by atoms with E-state index >= 15 is 0 Å². The quantitative estimate of drug-likeness (QED) is 0.449. The molecule has 104 valence electrons. The Morgan fingerprint density at radius 2 is 2.00 bits per heavy atom. The summed E-state index contributed by atoms with van der Waals surface area (Å²) in [5.41, 5.74) is 1.26. The second-order valence-corrected chi connectivity index (χ2v) is 4.06. The average Bonchev–Trinajstić information content (AvgIpc) is 2.33. The number of nitrogens with zero attached hydrogens (tertiary/aromatic N) is 1. The van der Waals surface area contributed by atoms with Gasteiger partial charge in [-0.05, 0) is 32.4 Å². The third-order valence-electron chi connectivity index (χ3n) is 2.56. The Morgan fingerprint density at radius 1 is 1.32 bits per heavy atom. The Morgan fingerprint density at radius 3 is 2.58 bits per heavy atom. The molecule has 0 saturated carbocycles. The lowest BCUT2D eigenvalue weighted by molar-refractivity contribution is -0.385. The van der Waals surface area contributed by atoms with Gasteiger partial charge in [0.2, 0.25) is 0 Å². The molecule has 6 heteroatoms. The lowest BCUT2D eigenvalue weighted by Gasteiger charge is -2.10. The molecule has 6 nitrogen and oxygen atoms in total. The molecule has 1 aromatic carbocycles. The largest absolute Gasteiger partial charge is 0.493 e. The van der Waals surface area contributed by atoms with E-state index in [0.29, 0.717) is 23.5 Å². The summed E-state index contributed by atoms with van der Waals surface area (Å²) >= 11 is 0. The highest BCUT2D eigenvalue weighted by Crippen LogP contribution is 2.27. The maximum atomic E-state index is 11.1. The number of rotatable bonds is 6. The minimum absolute atomic E-state index is 0.0650. The molecule has 0 bridgehead atoms. The third kappa shape index (κ3) is 4.24. The molecular formula is C13H17NO5. The van der Waals surface area contributed by atoms with Crippen molar-refractivity contribution < 1.29 is 19.2 Å². The summed E-state index contributed by atoms with van der Waals surface area (Å²) in [4.78, 5) is 21.5. The smallest absolute Gasteiger partial charge is 0.309 e. The van der Waals surface area contributed by atoms with Gasteiger partial charge in [0, 0.05) is 11.6 Å². The van der Waals surface area contributed by atoms with Crippen LogP contribution in [0.4, 0.5) is 5.69 Å². The Kier molecular flexibility index (Phi) is 5.29. The van der Waals surface area contributed by atoms with Gasteiger partial charge in [-0.25, -0.2) is 0 Å². The molecule has 0 amide bonds. The van der Waals surface area contributed by atoms with Gasteiger partial charge >= 0.3 is 5.97 Å². The van der Waals surface area contributed by atoms with Crippen LogP contribution in [0, 0.1) is 24.0 Å². The number of nitro benzene ring substituents is 1. The minimum atomic E-state index is -0.426. The SMILES string of the molecule is CCOC(=O)CCOc1cc(C)c([N+](=O)[O-])cc1C. The van der Waals surface area contributed by atoms with E-state index in [1.807, 2.05) is 0 Å². The van der Waals surface area contributed by atoms with E-state index in [-0.39, 0.29) is 24.7 Å². The number of aryl methyl sites for hydroxylation is 2. The van der Waals surface area contributed by atoms with Crippen LogP contribution < -0.4 is 4.74 Å². The Bertz CT molecular complexity index is 484. The number of ether oxygens (including phenoxy) is 2. The molecule has 0 aliphatic heterocycles. The van der Waals surface area contributed by atoms with E-state index < -0.39 is 4.92 Å². The van der Waals surface area contributed by atoms with E-state index in [0.717, 1.165) is 0 Å². The predicted octanol–water partition coefficient (Wildman–Crippen LogP) is 2.54. The van der Waals surface area contributed by atoms with Gasteiger partial charge in [-0.3, -0.25) is 14.9 Å². The van der Waals surface area contributed by atoms with Crippen LogP contribution in [-0.2, 0) is 9.53 Å². The summed E-state index contributed by atoms with van der Waals surface area (Å²) in [6, 6.07) is 3.08. The van der Waals surface area contributed by atoms with Gasteiger partial charge in [-0.1, -0.05) is 0 Å². The normalized spacial score (nSPS) is 10.1. The molecule has 0 spiro atoms. The van der Waals surface area contributed by atoms with Crippen molar-refractivity contribution in [3.63, 3.8) is 0 Å². The topological polar surface area (TPSA) is 78.7 Å². The molecule has 0 heterocycles. The van der Waals surface area contributed by atoms with E-state index in [1.54, 1.807) is 26.8 Å². The molecular weight excluding hydrogens is 250 g/mol. The van der Waals surface area contributed by atoms with E-state index in [1.165, 1.54) is 6.07 Å². The highest BCUT2D eigenvalue weighted by molar-refractivity contribution is 5.69. The van der Waals surface area contributed by atoms with Gasteiger partial charge in [0.05, 0.1) is 24.6 Å². The summed E-state index contributed by atoms with van der Waals surface area (Å²) in [6.07, 6.45) is 0.156. The van der Waals surface area contributed by atoms with E-state index in [4.69, 9.17) is 9.47 Å². The van der Waals surface area contributed by atoms with Crippen LogP contribution in [-0.4, -0.2) is 24.1 Å². The lowest BCUT2D eigenvalue weighted by Crippen LogP contribution is -2.10. The van der Waals surface area contributed by atoms with E-state index in [2.05, 4.69) is 0 Å². The van der Waals surface area contributed by atoms with Crippen LogP contribution in [0.25, 0.3) is 0 Å². The molecule has 19 heavy (non-hydrogen) atoms. The molecule has 1 rings (SSSR count). The van der Waals surface area contributed by atoms with Crippen LogP contribution in [0.5, 0.6) is 5.75 Å². The highest BCUT2D eigenvalue weighted by atomic mass is 16.6. The van der Waals surface area contributed by atoms with Crippen LogP contribution >= 0.6 is 0 Å².